The summed E-state index contributed by atoms with van der Waals surface area (Å²) in [5, 5.41) is 0. The smallest absolute Gasteiger partial charge is 0.344 e. The molecule has 0 N–H and O–H groups in total. The first kappa shape index (κ1) is 19.0. The SMILES string of the molecule is Cc1ccc(C)c(OCC(=O)OCc2ccc(C(=O)N3CCCC3)cc2)c1. The van der Waals surface area contributed by atoms with Gasteiger partial charge in [0.1, 0.15) is 12.4 Å². The van der Waals surface area contributed by atoms with Gasteiger partial charge in [0.25, 0.3) is 5.91 Å². The van der Waals surface area contributed by atoms with E-state index in [1.54, 1.807) is 12.1 Å². The van der Waals surface area contributed by atoms with Gasteiger partial charge in [-0.2, -0.15) is 0 Å². The summed E-state index contributed by atoms with van der Waals surface area (Å²) in [7, 11) is 0. The fourth-order valence-corrected chi connectivity index (χ4v) is 3.05. The number of hydrogen-bond acceptors (Lipinski definition) is 4. The minimum Gasteiger partial charge on any atom is -0.482 e. The van der Waals surface area contributed by atoms with Crippen molar-refractivity contribution >= 4 is 11.9 Å². The Balaban J connectivity index is 1.47. The highest BCUT2D eigenvalue weighted by molar-refractivity contribution is 5.94. The molecule has 0 radical (unpaired) electrons. The van der Waals surface area contributed by atoms with Gasteiger partial charge in [0.15, 0.2) is 6.61 Å². The molecular formula is C22H25NO4. The van der Waals surface area contributed by atoms with Gasteiger partial charge in [-0.1, -0.05) is 24.3 Å². The van der Waals surface area contributed by atoms with Crippen molar-refractivity contribution in [3.63, 3.8) is 0 Å². The summed E-state index contributed by atoms with van der Waals surface area (Å²) in [4.78, 5) is 26.1. The van der Waals surface area contributed by atoms with E-state index in [0.717, 1.165) is 42.6 Å². The second-order valence-electron chi connectivity index (χ2n) is 6.91. The van der Waals surface area contributed by atoms with Gasteiger partial charge in [0, 0.05) is 18.7 Å². The molecule has 1 aliphatic heterocycles. The molecule has 5 heteroatoms. The topological polar surface area (TPSA) is 55.8 Å². The maximum atomic E-state index is 12.3. The van der Waals surface area contributed by atoms with E-state index < -0.39 is 5.97 Å². The number of likely N-dealkylation sites (tertiary alicyclic amines) is 1. The third-order valence-corrected chi connectivity index (χ3v) is 4.68. The monoisotopic (exact) mass is 367 g/mol. The average Bonchev–Trinajstić information content (AvgIpc) is 3.21. The zero-order chi connectivity index (χ0) is 19.2. The van der Waals surface area contributed by atoms with Gasteiger partial charge >= 0.3 is 5.97 Å². The minimum atomic E-state index is -0.423. The number of ether oxygens (including phenoxy) is 2. The summed E-state index contributed by atoms with van der Waals surface area (Å²) in [5.41, 5.74) is 3.57. The van der Waals surface area contributed by atoms with Gasteiger partial charge < -0.3 is 14.4 Å². The van der Waals surface area contributed by atoms with Crippen LogP contribution in [0.1, 0.15) is 39.9 Å². The van der Waals surface area contributed by atoms with Gasteiger partial charge in [-0.15, -0.1) is 0 Å². The number of rotatable bonds is 6. The van der Waals surface area contributed by atoms with E-state index in [-0.39, 0.29) is 19.1 Å². The Kier molecular flexibility index (Phi) is 6.12. The number of esters is 1. The minimum absolute atomic E-state index is 0.0676. The second kappa shape index (κ2) is 8.71. The number of aryl methyl sites for hydroxylation is 2. The van der Waals surface area contributed by atoms with Crippen molar-refractivity contribution in [1.82, 2.24) is 4.90 Å². The third kappa shape index (κ3) is 5.09. The van der Waals surface area contributed by atoms with Gasteiger partial charge in [-0.05, 0) is 61.6 Å². The molecule has 3 rings (SSSR count). The van der Waals surface area contributed by atoms with E-state index in [4.69, 9.17) is 9.47 Å². The quantitative estimate of drug-likeness (QED) is 0.731. The Morgan fingerprint density at radius 2 is 1.70 bits per heavy atom. The summed E-state index contributed by atoms with van der Waals surface area (Å²) in [5.74, 6) is 0.336. The lowest BCUT2D eigenvalue weighted by molar-refractivity contribution is -0.147. The van der Waals surface area contributed by atoms with Crippen molar-refractivity contribution in [2.75, 3.05) is 19.7 Å². The average molecular weight is 367 g/mol. The molecule has 0 atom stereocenters. The molecule has 0 aliphatic carbocycles. The van der Waals surface area contributed by atoms with Gasteiger partial charge in [-0.25, -0.2) is 4.79 Å². The molecular weight excluding hydrogens is 342 g/mol. The summed E-state index contributed by atoms with van der Waals surface area (Å²) in [6.07, 6.45) is 2.15. The molecule has 2 aromatic carbocycles. The molecule has 1 heterocycles. The first-order valence-electron chi connectivity index (χ1n) is 9.27. The van der Waals surface area contributed by atoms with E-state index in [0.29, 0.717) is 11.3 Å². The van der Waals surface area contributed by atoms with Crippen LogP contribution in [0.4, 0.5) is 0 Å². The van der Waals surface area contributed by atoms with E-state index in [9.17, 15) is 9.59 Å². The first-order chi connectivity index (χ1) is 13.0. The molecule has 5 nitrogen and oxygen atoms in total. The van der Waals surface area contributed by atoms with Crippen molar-refractivity contribution in [1.29, 1.82) is 0 Å². The lowest BCUT2D eigenvalue weighted by atomic mass is 10.1. The van der Waals surface area contributed by atoms with Crippen molar-refractivity contribution in [3.8, 4) is 5.75 Å². The van der Waals surface area contributed by atoms with E-state index in [1.165, 1.54) is 0 Å². The van der Waals surface area contributed by atoms with Crippen LogP contribution in [0.15, 0.2) is 42.5 Å². The fraction of sp³-hybridized carbons (Fsp3) is 0.364. The number of benzene rings is 2. The van der Waals surface area contributed by atoms with Crippen LogP contribution in [0.25, 0.3) is 0 Å². The summed E-state index contributed by atoms with van der Waals surface area (Å²) >= 11 is 0. The highest BCUT2D eigenvalue weighted by atomic mass is 16.6. The fourth-order valence-electron chi connectivity index (χ4n) is 3.05. The second-order valence-corrected chi connectivity index (χ2v) is 6.91. The van der Waals surface area contributed by atoms with E-state index in [2.05, 4.69) is 0 Å². The van der Waals surface area contributed by atoms with Crippen LogP contribution < -0.4 is 4.74 Å². The molecule has 1 saturated heterocycles. The number of amides is 1. The van der Waals surface area contributed by atoms with Crippen molar-refractivity contribution < 1.29 is 19.1 Å². The summed E-state index contributed by atoms with van der Waals surface area (Å²) < 4.78 is 10.8. The number of carbonyl (C=O) groups is 2. The van der Waals surface area contributed by atoms with Crippen molar-refractivity contribution in [2.24, 2.45) is 0 Å². The van der Waals surface area contributed by atoms with Crippen molar-refractivity contribution in [3.05, 3.63) is 64.7 Å². The first-order valence-corrected chi connectivity index (χ1v) is 9.27. The molecule has 0 spiro atoms. The highest BCUT2D eigenvalue weighted by Gasteiger charge is 2.19. The van der Waals surface area contributed by atoms with Crippen LogP contribution in [0.2, 0.25) is 0 Å². The van der Waals surface area contributed by atoms with Crippen LogP contribution in [0, 0.1) is 13.8 Å². The molecule has 0 unspecified atom stereocenters. The Morgan fingerprint density at radius 3 is 2.41 bits per heavy atom. The predicted octanol–water partition coefficient (Wildman–Crippen LogP) is 3.66. The highest BCUT2D eigenvalue weighted by Crippen LogP contribution is 2.19. The Hall–Kier alpha value is -2.82. The number of nitrogens with zero attached hydrogens (tertiary/aromatic N) is 1. The Bertz CT molecular complexity index is 808. The number of carbonyl (C=O) groups excluding carboxylic acids is 2. The van der Waals surface area contributed by atoms with Gasteiger partial charge in [0.05, 0.1) is 0 Å². The normalized spacial score (nSPS) is 13.5. The molecule has 0 aromatic heterocycles. The zero-order valence-electron chi connectivity index (χ0n) is 15.9. The summed E-state index contributed by atoms with van der Waals surface area (Å²) in [6, 6.07) is 13.1. The van der Waals surface area contributed by atoms with Crippen LogP contribution in [0.5, 0.6) is 5.75 Å². The van der Waals surface area contributed by atoms with Crippen LogP contribution in [-0.4, -0.2) is 36.5 Å². The predicted molar refractivity (Wildman–Crippen MR) is 103 cm³/mol. The van der Waals surface area contributed by atoms with Crippen LogP contribution >= 0.6 is 0 Å². The lowest BCUT2D eigenvalue weighted by Crippen LogP contribution is -2.27. The molecule has 2 aromatic rings. The van der Waals surface area contributed by atoms with Gasteiger partial charge in [0.2, 0.25) is 0 Å². The molecule has 1 amide bonds. The molecule has 0 saturated carbocycles. The zero-order valence-corrected chi connectivity index (χ0v) is 15.9. The molecule has 1 aliphatic rings. The summed E-state index contributed by atoms with van der Waals surface area (Å²) in [6.45, 7) is 5.61. The molecule has 0 bridgehead atoms. The Labute approximate surface area is 159 Å². The standard InChI is InChI=1S/C22H25NO4/c1-16-5-6-17(2)20(13-16)26-15-21(24)27-14-18-7-9-19(10-8-18)22(25)23-11-3-4-12-23/h5-10,13H,3-4,11-12,14-15H2,1-2H3. The number of hydrogen-bond donors (Lipinski definition) is 0. The van der Waals surface area contributed by atoms with E-state index in [1.807, 2.05) is 49.1 Å². The molecule has 27 heavy (non-hydrogen) atoms. The van der Waals surface area contributed by atoms with Gasteiger partial charge in [-0.3, -0.25) is 4.79 Å². The lowest BCUT2D eigenvalue weighted by Gasteiger charge is -2.15. The maximum Gasteiger partial charge on any atom is 0.344 e. The Morgan fingerprint density at radius 1 is 1.00 bits per heavy atom. The maximum absolute atomic E-state index is 12.3. The molecule has 142 valence electrons. The van der Waals surface area contributed by atoms with E-state index >= 15 is 0 Å². The van der Waals surface area contributed by atoms with Crippen molar-refractivity contribution in [2.45, 2.75) is 33.3 Å². The van der Waals surface area contributed by atoms with Crippen LogP contribution in [-0.2, 0) is 16.1 Å². The van der Waals surface area contributed by atoms with Crippen LogP contribution in [0.3, 0.4) is 0 Å². The molecule has 1 fully saturated rings. The largest absolute Gasteiger partial charge is 0.482 e. The third-order valence-electron chi connectivity index (χ3n) is 4.68.